The molecule has 4 N–H and O–H groups in total. The highest BCUT2D eigenvalue weighted by atomic mass is 16.5. The van der Waals surface area contributed by atoms with Gasteiger partial charge in [-0.1, -0.05) is 35.5 Å². The van der Waals surface area contributed by atoms with Gasteiger partial charge in [-0.2, -0.15) is 0 Å². The summed E-state index contributed by atoms with van der Waals surface area (Å²) < 4.78 is 11.7. The summed E-state index contributed by atoms with van der Waals surface area (Å²) in [5.74, 6) is -1.03. The summed E-state index contributed by atoms with van der Waals surface area (Å²) in [5.41, 5.74) is 1.05. The number of aliphatic hydroxyl groups is 2. The Morgan fingerprint density at radius 3 is 2.13 bits per heavy atom. The largest absolute Gasteiger partial charge is 0.394 e. The third-order valence-corrected chi connectivity index (χ3v) is 4.16. The summed E-state index contributed by atoms with van der Waals surface area (Å²) in [6.07, 6.45) is 0.611. The standard InChI is InChI=1S/C20H29N5O6/c26-10-14-30-12-7-21-19(28)17-18(20(29)22-8-13-31-15-11-27)25(24-23-17)9-6-16-4-2-1-3-5-16/h1-5,26-27H,6-15H2,(H,21,28)(H,22,29). The fourth-order valence-corrected chi connectivity index (χ4v) is 2.70. The van der Waals surface area contributed by atoms with E-state index in [4.69, 9.17) is 19.7 Å². The molecule has 11 nitrogen and oxygen atoms in total. The van der Waals surface area contributed by atoms with Crippen molar-refractivity contribution in [2.24, 2.45) is 0 Å². The fourth-order valence-electron chi connectivity index (χ4n) is 2.70. The minimum absolute atomic E-state index is 0.0619. The second kappa shape index (κ2) is 14.2. The number of aromatic nitrogens is 3. The smallest absolute Gasteiger partial charge is 0.274 e. The van der Waals surface area contributed by atoms with Gasteiger partial charge in [0.15, 0.2) is 11.4 Å². The number of hydrogen-bond donors (Lipinski definition) is 4. The first-order valence-corrected chi connectivity index (χ1v) is 10.1. The number of hydrogen-bond acceptors (Lipinski definition) is 8. The zero-order valence-corrected chi connectivity index (χ0v) is 17.3. The molecule has 0 saturated heterocycles. The normalized spacial score (nSPS) is 10.8. The molecule has 0 bridgehead atoms. The van der Waals surface area contributed by atoms with Crippen LogP contribution in [-0.4, -0.2) is 89.8 Å². The van der Waals surface area contributed by atoms with Gasteiger partial charge in [0.25, 0.3) is 11.8 Å². The van der Waals surface area contributed by atoms with Gasteiger partial charge in [-0.25, -0.2) is 4.68 Å². The summed E-state index contributed by atoms with van der Waals surface area (Å²) >= 11 is 0. The van der Waals surface area contributed by atoms with E-state index in [0.717, 1.165) is 5.56 Å². The number of carbonyl (C=O) groups is 2. The quantitative estimate of drug-likeness (QED) is 0.260. The molecule has 31 heavy (non-hydrogen) atoms. The van der Waals surface area contributed by atoms with Gasteiger partial charge in [0.1, 0.15) is 0 Å². The minimum atomic E-state index is -0.541. The lowest BCUT2D eigenvalue weighted by Crippen LogP contribution is -2.34. The predicted octanol–water partition coefficient (Wildman–Crippen LogP) is -1.00. The molecular formula is C20H29N5O6. The number of rotatable bonds is 15. The molecule has 0 aliphatic heterocycles. The number of nitrogens with zero attached hydrogens (tertiary/aromatic N) is 3. The number of amides is 2. The van der Waals surface area contributed by atoms with Crippen LogP contribution in [0.1, 0.15) is 26.5 Å². The third kappa shape index (κ3) is 8.42. The van der Waals surface area contributed by atoms with Gasteiger partial charge in [0, 0.05) is 19.6 Å². The Balaban J connectivity index is 2.05. The van der Waals surface area contributed by atoms with Crippen LogP contribution in [0, 0.1) is 0 Å². The Labute approximate surface area is 180 Å². The second-order valence-electron chi connectivity index (χ2n) is 6.43. The van der Waals surface area contributed by atoms with E-state index in [-0.39, 0.29) is 64.1 Å². The van der Waals surface area contributed by atoms with E-state index in [1.807, 2.05) is 30.3 Å². The zero-order chi connectivity index (χ0) is 22.3. The van der Waals surface area contributed by atoms with Crippen LogP contribution in [0.15, 0.2) is 30.3 Å². The summed E-state index contributed by atoms with van der Waals surface area (Å²) in [4.78, 5) is 25.3. The van der Waals surface area contributed by atoms with E-state index in [0.29, 0.717) is 13.0 Å². The van der Waals surface area contributed by atoms with Crippen LogP contribution >= 0.6 is 0 Å². The molecule has 1 aromatic carbocycles. The Bertz CT molecular complexity index is 799. The van der Waals surface area contributed by atoms with Gasteiger partial charge in [-0.3, -0.25) is 9.59 Å². The lowest BCUT2D eigenvalue weighted by Gasteiger charge is -2.10. The number of carbonyl (C=O) groups excluding carboxylic acids is 2. The molecule has 1 aromatic heterocycles. The highest BCUT2D eigenvalue weighted by Crippen LogP contribution is 2.09. The SMILES string of the molecule is O=C(NCCOCCO)c1nnn(CCc2ccccc2)c1C(=O)NCCOCCO. The van der Waals surface area contributed by atoms with Crippen molar-refractivity contribution in [2.45, 2.75) is 13.0 Å². The number of benzene rings is 1. The van der Waals surface area contributed by atoms with E-state index in [1.54, 1.807) is 0 Å². The van der Waals surface area contributed by atoms with Crippen LogP contribution in [0.5, 0.6) is 0 Å². The molecule has 0 radical (unpaired) electrons. The average molecular weight is 435 g/mol. The van der Waals surface area contributed by atoms with E-state index < -0.39 is 11.8 Å². The van der Waals surface area contributed by atoms with Gasteiger partial charge in [0.05, 0.1) is 39.6 Å². The molecule has 11 heteroatoms. The van der Waals surface area contributed by atoms with E-state index in [9.17, 15) is 9.59 Å². The van der Waals surface area contributed by atoms with Crippen molar-refractivity contribution >= 4 is 11.8 Å². The van der Waals surface area contributed by atoms with Crippen LogP contribution in [-0.2, 0) is 22.4 Å². The monoisotopic (exact) mass is 435 g/mol. The number of aryl methyl sites for hydroxylation is 2. The van der Waals surface area contributed by atoms with Crippen LogP contribution in [0.3, 0.4) is 0 Å². The van der Waals surface area contributed by atoms with E-state index in [1.165, 1.54) is 4.68 Å². The number of aliphatic hydroxyl groups excluding tert-OH is 2. The molecule has 0 aliphatic rings. The van der Waals surface area contributed by atoms with Crippen molar-refractivity contribution in [3.63, 3.8) is 0 Å². The van der Waals surface area contributed by atoms with Crippen molar-refractivity contribution in [1.29, 1.82) is 0 Å². The highest BCUT2D eigenvalue weighted by Gasteiger charge is 2.25. The second-order valence-corrected chi connectivity index (χ2v) is 6.43. The predicted molar refractivity (Wildman–Crippen MR) is 111 cm³/mol. The van der Waals surface area contributed by atoms with Crippen molar-refractivity contribution < 1.29 is 29.3 Å². The molecule has 170 valence electrons. The molecule has 1 heterocycles. The molecule has 0 unspecified atom stereocenters. The van der Waals surface area contributed by atoms with Crippen LogP contribution in [0.25, 0.3) is 0 Å². The summed E-state index contributed by atoms with van der Waals surface area (Å²) in [6.45, 7) is 1.38. The zero-order valence-electron chi connectivity index (χ0n) is 17.3. The van der Waals surface area contributed by atoms with Crippen molar-refractivity contribution in [2.75, 3.05) is 52.7 Å². The van der Waals surface area contributed by atoms with Crippen LogP contribution in [0.2, 0.25) is 0 Å². The van der Waals surface area contributed by atoms with Gasteiger partial charge >= 0.3 is 0 Å². The van der Waals surface area contributed by atoms with Crippen molar-refractivity contribution in [1.82, 2.24) is 25.6 Å². The van der Waals surface area contributed by atoms with Gasteiger partial charge < -0.3 is 30.3 Å². The molecule has 0 atom stereocenters. The Kier molecular flexibility index (Phi) is 11.2. The number of nitrogens with one attached hydrogen (secondary N) is 2. The van der Waals surface area contributed by atoms with Gasteiger partial charge in [0.2, 0.25) is 0 Å². The Morgan fingerprint density at radius 1 is 0.903 bits per heavy atom. The summed E-state index contributed by atoms with van der Waals surface area (Å²) in [6, 6.07) is 9.70. The van der Waals surface area contributed by atoms with Gasteiger partial charge in [-0.05, 0) is 12.0 Å². The first-order valence-electron chi connectivity index (χ1n) is 10.1. The summed E-state index contributed by atoms with van der Waals surface area (Å²) in [7, 11) is 0. The average Bonchev–Trinajstić information content (AvgIpc) is 3.22. The van der Waals surface area contributed by atoms with E-state index in [2.05, 4.69) is 20.9 Å². The maximum Gasteiger partial charge on any atom is 0.274 e. The van der Waals surface area contributed by atoms with Crippen molar-refractivity contribution in [3.8, 4) is 0 Å². The molecule has 0 spiro atoms. The fraction of sp³-hybridized carbons (Fsp3) is 0.500. The number of ether oxygens (including phenoxy) is 2. The van der Waals surface area contributed by atoms with Crippen LogP contribution < -0.4 is 10.6 Å². The molecular weight excluding hydrogens is 406 g/mol. The maximum atomic E-state index is 12.8. The molecule has 2 rings (SSSR count). The third-order valence-electron chi connectivity index (χ3n) is 4.16. The lowest BCUT2D eigenvalue weighted by atomic mass is 10.1. The molecule has 0 fully saturated rings. The first kappa shape index (κ1) is 24.4. The Hall–Kier alpha value is -2.86. The highest BCUT2D eigenvalue weighted by molar-refractivity contribution is 6.04. The molecule has 2 aromatic rings. The van der Waals surface area contributed by atoms with Crippen molar-refractivity contribution in [3.05, 3.63) is 47.3 Å². The topological polar surface area (TPSA) is 148 Å². The summed E-state index contributed by atoms with van der Waals surface area (Å²) in [5, 5.41) is 30.7. The lowest BCUT2D eigenvalue weighted by molar-refractivity contribution is 0.0811. The molecule has 2 amide bonds. The molecule has 0 aliphatic carbocycles. The van der Waals surface area contributed by atoms with Crippen LogP contribution in [0.4, 0.5) is 0 Å². The van der Waals surface area contributed by atoms with E-state index >= 15 is 0 Å². The molecule has 0 saturated carbocycles. The first-order chi connectivity index (χ1) is 15.2. The maximum absolute atomic E-state index is 12.8. The van der Waals surface area contributed by atoms with Gasteiger partial charge in [-0.15, -0.1) is 5.10 Å². The minimum Gasteiger partial charge on any atom is -0.394 e. The Morgan fingerprint density at radius 2 is 1.52 bits per heavy atom.